The van der Waals surface area contributed by atoms with Crippen LogP contribution < -0.4 is 5.32 Å². The highest BCUT2D eigenvalue weighted by Crippen LogP contribution is 2.24. The Morgan fingerprint density at radius 1 is 1.42 bits per heavy atom. The van der Waals surface area contributed by atoms with E-state index < -0.39 is 4.92 Å². The molecule has 128 valence electrons. The number of amides is 1. The zero-order valence-corrected chi connectivity index (χ0v) is 14.8. The number of nitro groups is 1. The maximum Gasteiger partial charge on any atom is 0.271 e. The van der Waals surface area contributed by atoms with Crippen molar-refractivity contribution in [2.45, 2.75) is 26.3 Å². The molecule has 2 aromatic rings. The third kappa shape index (κ3) is 4.62. The van der Waals surface area contributed by atoms with Gasteiger partial charge in [-0.05, 0) is 37.9 Å². The number of nitro benzene ring substituents is 1. The Morgan fingerprint density at radius 2 is 2.17 bits per heavy atom. The van der Waals surface area contributed by atoms with Gasteiger partial charge >= 0.3 is 0 Å². The van der Waals surface area contributed by atoms with Gasteiger partial charge in [0.1, 0.15) is 0 Å². The molecule has 0 saturated heterocycles. The molecule has 0 aliphatic rings. The number of rotatable bonds is 7. The van der Waals surface area contributed by atoms with Gasteiger partial charge in [0.25, 0.3) is 5.69 Å². The molecule has 1 aromatic carbocycles. The van der Waals surface area contributed by atoms with Crippen molar-refractivity contribution in [3.8, 4) is 0 Å². The normalized spacial score (nSPS) is 12.2. The van der Waals surface area contributed by atoms with Crippen LogP contribution in [0.25, 0.3) is 0 Å². The Kier molecular flexibility index (Phi) is 6.05. The van der Waals surface area contributed by atoms with Gasteiger partial charge in [-0.15, -0.1) is 11.3 Å². The average Bonchev–Trinajstić information content (AvgIpc) is 3.08. The number of carbonyl (C=O) groups is 1. The molecule has 1 aromatic heterocycles. The zero-order valence-electron chi connectivity index (χ0n) is 14.0. The summed E-state index contributed by atoms with van der Waals surface area (Å²) in [5.74, 6) is -0.149. The maximum absolute atomic E-state index is 12.2. The van der Waals surface area contributed by atoms with Crippen LogP contribution in [0, 0.1) is 17.0 Å². The number of thiophene rings is 1. The van der Waals surface area contributed by atoms with Crippen molar-refractivity contribution in [2.75, 3.05) is 18.9 Å². The Labute approximate surface area is 145 Å². The summed E-state index contributed by atoms with van der Waals surface area (Å²) in [5.41, 5.74) is 1.26. The molecular weight excluding hydrogens is 326 g/mol. The molecule has 1 N–H and O–H groups in total. The van der Waals surface area contributed by atoms with E-state index in [0.717, 1.165) is 5.56 Å². The fraction of sp³-hybridized carbons (Fsp3) is 0.353. The molecule has 0 aliphatic heterocycles. The first-order valence-electron chi connectivity index (χ1n) is 7.67. The molecule has 0 aliphatic carbocycles. The first-order chi connectivity index (χ1) is 11.4. The molecule has 0 bridgehead atoms. The molecule has 1 atom stereocenters. The standard InChI is InChI=1S/C17H21N3O3S/c1-12-6-7-14(20(22)23)11-15(12)18-17(21)8-9-19(3)13(2)16-5-4-10-24-16/h4-7,10-11,13H,8-9H2,1-3H3,(H,18,21)/t13-/m1/s1. The molecule has 6 nitrogen and oxygen atoms in total. The summed E-state index contributed by atoms with van der Waals surface area (Å²) in [5, 5.41) is 15.6. The van der Waals surface area contributed by atoms with Gasteiger partial charge in [-0.1, -0.05) is 12.1 Å². The van der Waals surface area contributed by atoms with Crippen LogP contribution in [0.2, 0.25) is 0 Å². The second-order valence-electron chi connectivity index (χ2n) is 5.73. The van der Waals surface area contributed by atoms with Crippen LogP contribution in [0.4, 0.5) is 11.4 Å². The average molecular weight is 347 g/mol. The zero-order chi connectivity index (χ0) is 17.7. The molecule has 0 radical (unpaired) electrons. The van der Waals surface area contributed by atoms with E-state index in [9.17, 15) is 14.9 Å². The van der Waals surface area contributed by atoms with Crippen LogP contribution >= 0.6 is 11.3 Å². The van der Waals surface area contributed by atoms with E-state index in [2.05, 4.69) is 23.2 Å². The van der Waals surface area contributed by atoms with E-state index in [1.165, 1.54) is 17.0 Å². The van der Waals surface area contributed by atoms with Gasteiger partial charge in [0.2, 0.25) is 5.91 Å². The maximum atomic E-state index is 12.2. The molecule has 7 heteroatoms. The highest BCUT2D eigenvalue weighted by Gasteiger charge is 2.15. The second-order valence-corrected chi connectivity index (χ2v) is 6.71. The molecule has 0 saturated carbocycles. The van der Waals surface area contributed by atoms with Gasteiger partial charge < -0.3 is 5.32 Å². The Hall–Kier alpha value is -2.25. The van der Waals surface area contributed by atoms with E-state index in [4.69, 9.17) is 0 Å². The van der Waals surface area contributed by atoms with Gasteiger partial charge in [0, 0.05) is 36.0 Å². The minimum atomic E-state index is -0.467. The van der Waals surface area contributed by atoms with Crippen molar-refractivity contribution in [3.63, 3.8) is 0 Å². The van der Waals surface area contributed by atoms with Crippen molar-refractivity contribution in [1.82, 2.24) is 4.90 Å². The minimum absolute atomic E-state index is 0.0284. The molecule has 24 heavy (non-hydrogen) atoms. The summed E-state index contributed by atoms with van der Waals surface area (Å²) >= 11 is 1.70. The van der Waals surface area contributed by atoms with E-state index in [1.54, 1.807) is 17.4 Å². The number of aryl methyl sites for hydroxylation is 1. The van der Waals surface area contributed by atoms with Gasteiger partial charge in [-0.3, -0.25) is 19.8 Å². The summed E-state index contributed by atoms with van der Waals surface area (Å²) in [4.78, 5) is 25.9. The summed E-state index contributed by atoms with van der Waals surface area (Å²) in [6.45, 7) is 4.53. The quantitative estimate of drug-likeness (QED) is 0.607. The van der Waals surface area contributed by atoms with Gasteiger partial charge in [-0.25, -0.2) is 0 Å². The number of benzene rings is 1. The largest absolute Gasteiger partial charge is 0.326 e. The van der Waals surface area contributed by atoms with Crippen molar-refractivity contribution in [3.05, 3.63) is 56.3 Å². The second kappa shape index (κ2) is 8.03. The smallest absolute Gasteiger partial charge is 0.271 e. The van der Waals surface area contributed by atoms with Crippen LogP contribution in [0.5, 0.6) is 0 Å². The van der Waals surface area contributed by atoms with Crippen molar-refractivity contribution in [2.24, 2.45) is 0 Å². The van der Waals surface area contributed by atoms with E-state index >= 15 is 0 Å². The number of non-ortho nitro benzene ring substituents is 1. The van der Waals surface area contributed by atoms with Gasteiger partial charge in [0.05, 0.1) is 10.6 Å². The molecule has 1 amide bonds. The number of anilines is 1. The highest BCUT2D eigenvalue weighted by molar-refractivity contribution is 7.10. The number of nitrogens with zero attached hydrogens (tertiary/aromatic N) is 2. The van der Waals surface area contributed by atoms with E-state index in [1.807, 2.05) is 25.4 Å². The first-order valence-corrected chi connectivity index (χ1v) is 8.55. The first kappa shape index (κ1) is 18.1. The SMILES string of the molecule is Cc1ccc([N+](=O)[O-])cc1NC(=O)CCN(C)[C@H](C)c1cccs1. The number of nitrogens with one attached hydrogen (secondary N) is 1. The third-order valence-electron chi connectivity index (χ3n) is 4.01. The predicted octanol–water partition coefficient (Wildman–Crippen LogP) is 3.99. The number of carbonyl (C=O) groups excluding carboxylic acids is 1. The van der Waals surface area contributed by atoms with Gasteiger partial charge in [0.15, 0.2) is 0 Å². The summed E-state index contributed by atoms with van der Waals surface area (Å²) < 4.78 is 0. The molecule has 0 unspecified atom stereocenters. The Balaban J connectivity index is 1.91. The summed E-state index contributed by atoms with van der Waals surface area (Å²) in [7, 11) is 1.98. The van der Waals surface area contributed by atoms with Crippen molar-refractivity contribution < 1.29 is 9.72 Å². The third-order valence-corrected chi connectivity index (χ3v) is 5.06. The van der Waals surface area contributed by atoms with Crippen LogP contribution in [0.15, 0.2) is 35.7 Å². The van der Waals surface area contributed by atoms with E-state index in [-0.39, 0.29) is 17.6 Å². The lowest BCUT2D eigenvalue weighted by Crippen LogP contribution is -2.26. The fourth-order valence-electron chi connectivity index (χ4n) is 2.29. The fourth-order valence-corrected chi connectivity index (χ4v) is 3.14. The monoisotopic (exact) mass is 347 g/mol. The van der Waals surface area contributed by atoms with Crippen molar-refractivity contribution in [1.29, 1.82) is 0 Å². The topological polar surface area (TPSA) is 75.5 Å². The number of hydrogen-bond donors (Lipinski definition) is 1. The van der Waals surface area contributed by atoms with Crippen LogP contribution in [-0.2, 0) is 4.79 Å². The highest BCUT2D eigenvalue weighted by atomic mass is 32.1. The Bertz CT molecular complexity index is 716. The van der Waals surface area contributed by atoms with Crippen molar-refractivity contribution >= 4 is 28.6 Å². The van der Waals surface area contributed by atoms with Crippen LogP contribution in [-0.4, -0.2) is 29.3 Å². The van der Waals surface area contributed by atoms with E-state index in [0.29, 0.717) is 18.7 Å². The molecule has 0 fully saturated rings. The predicted molar refractivity (Wildman–Crippen MR) is 96.4 cm³/mol. The molecule has 2 rings (SSSR count). The molecule has 0 spiro atoms. The molecular formula is C17H21N3O3S. The van der Waals surface area contributed by atoms with Gasteiger partial charge in [-0.2, -0.15) is 0 Å². The Morgan fingerprint density at radius 3 is 2.79 bits per heavy atom. The lowest BCUT2D eigenvalue weighted by atomic mass is 10.1. The van der Waals surface area contributed by atoms with Crippen LogP contribution in [0.3, 0.4) is 0 Å². The number of hydrogen-bond acceptors (Lipinski definition) is 5. The lowest BCUT2D eigenvalue weighted by molar-refractivity contribution is -0.384. The molecule has 1 heterocycles. The summed E-state index contributed by atoms with van der Waals surface area (Å²) in [6.07, 6.45) is 0.328. The summed E-state index contributed by atoms with van der Waals surface area (Å²) in [6, 6.07) is 8.81. The van der Waals surface area contributed by atoms with Crippen LogP contribution in [0.1, 0.15) is 29.8 Å². The minimum Gasteiger partial charge on any atom is -0.326 e. The lowest BCUT2D eigenvalue weighted by Gasteiger charge is -2.23.